The number of hydrogen-bond donors (Lipinski definition) is 2. The lowest BCUT2D eigenvalue weighted by molar-refractivity contribution is 0.342. The third-order valence-electron chi connectivity index (χ3n) is 4.71. The lowest BCUT2D eigenvalue weighted by atomic mass is 10.1. The fourth-order valence-corrected chi connectivity index (χ4v) is 3.47. The summed E-state index contributed by atoms with van der Waals surface area (Å²) in [5.41, 5.74) is 2.13. The first-order chi connectivity index (χ1) is 13.2. The number of benzene rings is 2. The Kier molecular flexibility index (Phi) is 6.76. The van der Waals surface area contributed by atoms with Crippen LogP contribution in [-0.4, -0.2) is 38.5 Å². The van der Waals surface area contributed by atoms with Gasteiger partial charge in [0.2, 0.25) is 0 Å². The summed E-state index contributed by atoms with van der Waals surface area (Å²) in [5, 5.41) is 7.22. The van der Waals surface area contributed by atoms with Gasteiger partial charge in [-0.05, 0) is 67.9 Å². The molecule has 0 saturated carbocycles. The first-order valence-corrected chi connectivity index (χ1v) is 9.76. The molecule has 0 aromatic heterocycles. The van der Waals surface area contributed by atoms with E-state index in [1.807, 2.05) is 43.3 Å². The second-order valence-electron chi connectivity index (χ2n) is 6.56. The summed E-state index contributed by atoms with van der Waals surface area (Å²) in [4.78, 5) is 2.41. The zero-order chi connectivity index (χ0) is 19.1. The summed E-state index contributed by atoms with van der Waals surface area (Å²) in [6.07, 6.45) is 1.15. The average molecular weight is 386 g/mol. The highest BCUT2D eigenvalue weighted by molar-refractivity contribution is 7.80. The number of rotatable bonds is 7. The summed E-state index contributed by atoms with van der Waals surface area (Å²) in [6.45, 7) is 5.54. The summed E-state index contributed by atoms with van der Waals surface area (Å²) < 4.78 is 10.9. The molecule has 1 aliphatic rings. The largest absolute Gasteiger partial charge is 0.497 e. The van der Waals surface area contributed by atoms with Gasteiger partial charge in [-0.2, -0.15) is 0 Å². The molecule has 0 unspecified atom stereocenters. The molecule has 0 aliphatic carbocycles. The van der Waals surface area contributed by atoms with Gasteiger partial charge in [0.25, 0.3) is 0 Å². The second-order valence-corrected chi connectivity index (χ2v) is 6.97. The molecule has 0 radical (unpaired) electrons. The molecule has 0 bridgehead atoms. The molecule has 27 heavy (non-hydrogen) atoms. The van der Waals surface area contributed by atoms with Crippen LogP contribution in [0.2, 0.25) is 0 Å². The van der Waals surface area contributed by atoms with Crippen LogP contribution in [0.25, 0.3) is 0 Å². The Labute approximate surface area is 166 Å². The molecule has 144 valence electrons. The average Bonchev–Trinajstić information content (AvgIpc) is 3.17. The van der Waals surface area contributed by atoms with Crippen LogP contribution in [-0.2, 0) is 0 Å². The number of thiocarbonyl (C=S) groups is 1. The third kappa shape index (κ3) is 5.26. The van der Waals surface area contributed by atoms with Crippen molar-refractivity contribution in [2.75, 3.05) is 43.6 Å². The maximum atomic E-state index is 5.63. The lowest BCUT2D eigenvalue weighted by Gasteiger charge is -2.20. The Balaban J connectivity index is 1.47. The summed E-state index contributed by atoms with van der Waals surface area (Å²) in [7, 11) is 1.69. The third-order valence-corrected chi connectivity index (χ3v) is 4.96. The Bertz CT molecular complexity index is 751. The van der Waals surface area contributed by atoms with Crippen LogP contribution in [0.3, 0.4) is 0 Å². The topological polar surface area (TPSA) is 45.8 Å². The highest BCUT2D eigenvalue weighted by Crippen LogP contribution is 2.26. The van der Waals surface area contributed by atoms with E-state index in [9.17, 15) is 0 Å². The number of nitrogens with one attached hydrogen (secondary N) is 2. The molecule has 2 aromatic rings. The van der Waals surface area contributed by atoms with Gasteiger partial charge in [0.1, 0.15) is 11.5 Å². The van der Waals surface area contributed by atoms with E-state index in [0.717, 1.165) is 43.2 Å². The number of hydrogen-bond acceptors (Lipinski definition) is 4. The quantitative estimate of drug-likeness (QED) is 0.705. The standard InChI is InChI=1S/C21H27N3O2S/c1-3-26-20-7-5-4-6-19(20)23-21(27)22-14-16-12-13-24(15-16)17-8-10-18(25-2)11-9-17/h4-11,16H,3,12-15H2,1-2H3,(H2,22,23,27)/t16-/m0/s1. The van der Waals surface area contributed by atoms with Crippen LogP contribution < -0.4 is 25.0 Å². The van der Waals surface area contributed by atoms with Gasteiger partial charge >= 0.3 is 0 Å². The van der Waals surface area contributed by atoms with Crippen LogP contribution in [0.5, 0.6) is 11.5 Å². The Morgan fingerprint density at radius 1 is 1.19 bits per heavy atom. The smallest absolute Gasteiger partial charge is 0.170 e. The monoisotopic (exact) mass is 385 g/mol. The highest BCUT2D eigenvalue weighted by Gasteiger charge is 2.22. The van der Waals surface area contributed by atoms with Crippen LogP contribution in [0.1, 0.15) is 13.3 Å². The van der Waals surface area contributed by atoms with E-state index in [1.165, 1.54) is 5.69 Å². The molecule has 2 N–H and O–H groups in total. The van der Waals surface area contributed by atoms with Gasteiger partial charge < -0.3 is 25.0 Å². The zero-order valence-corrected chi connectivity index (χ0v) is 16.7. The number of anilines is 2. The molecule has 1 aliphatic heterocycles. The van der Waals surface area contributed by atoms with Crippen LogP contribution >= 0.6 is 12.2 Å². The molecule has 5 nitrogen and oxygen atoms in total. The molecular formula is C21H27N3O2S. The molecule has 1 saturated heterocycles. The van der Waals surface area contributed by atoms with Gasteiger partial charge in [-0.15, -0.1) is 0 Å². The summed E-state index contributed by atoms with van der Waals surface area (Å²) in [6, 6.07) is 16.1. The van der Waals surface area contributed by atoms with Gasteiger partial charge in [0, 0.05) is 25.3 Å². The minimum atomic E-state index is 0.564. The Hall–Kier alpha value is -2.47. The van der Waals surface area contributed by atoms with Crippen molar-refractivity contribution in [1.29, 1.82) is 0 Å². The van der Waals surface area contributed by atoms with Gasteiger partial charge in [-0.25, -0.2) is 0 Å². The lowest BCUT2D eigenvalue weighted by Crippen LogP contribution is -2.34. The number of methoxy groups -OCH3 is 1. The van der Waals surface area contributed by atoms with Crippen molar-refractivity contribution in [3.63, 3.8) is 0 Å². The molecule has 0 spiro atoms. The van der Waals surface area contributed by atoms with Crippen molar-refractivity contribution in [3.05, 3.63) is 48.5 Å². The van der Waals surface area contributed by atoms with E-state index >= 15 is 0 Å². The van der Waals surface area contributed by atoms with Crippen molar-refractivity contribution in [2.45, 2.75) is 13.3 Å². The van der Waals surface area contributed by atoms with Crippen molar-refractivity contribution in [2.24, 2.45) is 5.92 Å². The number of para-hydroxylation sites is 2. The summed E-state index contributed by atoms with van der Waals surface area (Å²) in [5.74, 6) is 2.27. The Morgan fingerprint density at radius 3 is 2.70 bits per heavy atom. The Morgan fingerprint density at radius 2 is 1.96 bits per heavy atom. The van der Waals surface area contributed by atoms with Crippen molar-refractivity contribution < 1.29 is 9.47 Å². The highest BCUT2D eigenvalue weighted by atomic mass is 32.1. The van der Waals surface area contributed by atoms with E-state index < -0.39 is 0 Å². The second kappa shape index (κ2) is 9.46. The van der Waals surface area contributed by atoms with Crippen LogP contribution in [0.15, 0.2) is 48.5 Å². The van der Waals surface area contributed by atoms with Crippen molar-refractivity contribution in [1.82, 2.24) is 5.32 Å². The summed E-state index contributed by atoms with van der Waals surface area (Å²) >= 11 is 5.46. The van der Waals surface area contributed by atoms with Gasteiger partial charge in [-0.1, -0.05) is 12.1 Å². The minimum absolute atomic E-state index is 0.564. The van der Waals surface area contributed by atoms with E-state index in [4.69, 9.17) is 21.7 Å². The first kappa shape index (κ1) is 19.3. The zero-order valence-electron chi connectivity index (χ0n) is 15.9. The maximum Gasteiger partial charge on any atom is 0.170 e. The van der Waals surface area contributed by atoms with Gasteiger partial charge in [0.15, 0.2) is 5.11 Å². The first-order valence-electron chi connectivity index (χ1n) is 9.35. The predicted octanol–water partition coefficient (Wildman–Crippen LogP) is 3.91. The van der Waals surface area contributed by atoms with Gasteiger partial charge in [0.05, 0.1) is 19.4 Å². The van der Waals surface area contributed by atoms with Crippen molar-refractivity contribution in [3.8, 4) is 11.5 Å². The van der Waals surface area contributed by atoms with E-state index in [0.29, 0.717) is 17.6 Å². The normalized spacial score (nSPS) is 16.1. The van der Waals surface area contributed by atoms with Crippen LogP contribution in [0, 0.1) is 5.92 Å². The molecule has 1 heterocycles. The molecule has 3 rings (SSSR count). The van der Waals surface area contributed by atoms with Crippen LogP contribution in [0.4, 0.5) is 11.4 Å². The van der Waals surface area contributed by atoms with Gasteiger partial charge in [-0.3, -0.25) is 0 Å². The molecule has 1 atom stereocenters. The molecule has 0 amide bonds. The molecule has 1 fully saturated rings. The predicted molar refractivity (Wildman–Crippen MR) is 115 cm³/mol. The maximum absolute atomic E-state index is 5.63. The number of ether oxygens (including phenoxy) is 2. The van der Waals surface area contributed by atoms with E-state index in [1.54, 1.807) is 7.11 Å². The number of nitrogens with zero attached hydrogens (tertiary/aromatic N) is 1. The fraction of sp³-hybridized carbons (Fsp3) is 0.381. The minimum Gasteiger partial charge on any atom is -0.497 e. The molecule has 6 heteroatoms. The molecular weight excluding hydrogens is 358 g/mol. The van der Waals surface area contributed by atoms with Crippen molar-refractivity contribution >= 4 is 28.7 Å². The SMILES string of the molecule is CCOc1ccccc1NC(=S)NC[C@@H]1CCN(c2ccc(OC)cc2)C1. The fourth-order valence-electron chi connectivity index (χ4n) is 3.28. The van der Waals surface area contributed by atoms with E-state index in [-0.39, 0.29) is 0 Å². The van der Waals surface area contributed by atoms with E-state index in [2.05, 4.69) is 27.7 Å². The molecule has 2 aromatic carbocycles.